The van der Waals surface area contributed by atoms with E-state index in [0.717, 1.165) is 9.35 Å². The van der Waals surface area contributed by atoms with Crippen LogP contribution >= 0.6 is 27.3 Å². The lowest BCUT2D eigenvalue weighted by molar-refractivity contribution is 0.0951. The smallest absolute Gasteiger partial charge is 0.252 e. The summed E-state index contributed by atoms with van der Waals surface area (Å²) in [7, 11) is 0. The van der Waals surface area contributed by atoms with E-state index in [1.807, 2.05) is 0 Å². The second-order valence-electron chi connectivity index (χ2n) is 3.91. The third-order valence-corrected chi connectivity index (χ3v) is 4.07. The van der Waals surface area contributed by atoms with Crippen molar-refractivity contribution < 1.29 is 14.3 Å². The molecule has 1 heterocycles. The second kappa shape index (κ2) is 6.27. The molecule has 0 unspecified atom stereocenters. The number of halogens is 2. The maximum absolute atomic E-state index is 13.2. The van der Waals surface area contributed by atoms with Crippen molar-refractivity contribution in [3.05, 3.63) is 55.9 Å². The van der Waals surface area contributed by atoms with Crippen LogP contribution in [-0.4, -0.2) is 11.0 Å². The summed E-state index contributed by atoms with van der Waals surface area (Å²) in [4.78, 5) is 11.8. The lowest BCUT2D eigenvalue weighted by atomic mass is 10.1. The van der Waals surface area contributed by atoms with Gasteiger partial charge in [-0.15, -0.1) is 11.3 Å². The van der Waals surface area contributed by atoms with Gasteiger partial charge in [-0.05, 0) is 39.7 Å². The molecule has 0 spiro atoms. The van der Waals surface area contributed by atoms with Gasteiger partial charge in [-0.2, -0.15) is 0 Å². The van der Waals surface area contributed by atoms with Gasteiger partial charge in [-0.1, -0.05) is 6.07 Å². The van der Waals surface area contributed by atoms with E-state index in [0.29, 0.717) is 12.1 Å². The fraction of sp³-hybridized carbons (Fsp3) is 0.154. The highest BCUT2D eigenvalue weighted by Gasteiger charge is 2.08. The minimum Gasteiger partial charge on any atom is -0.392 e. The summed E-state index contributed by atoms with van der Waals surface area (Å²) < 4.78 is 14.1. The first kappa shape index (κ1) is 14.2. The minimum atomic E-state index is -0.445. The molecule has 0 aliphatic rings. The molecule has 0 atom stereocenters. The van der Waals surface area contributed by atoms with Gasteiger partial charge in [0, 0.05) is 17.5 Å². The largest absolute Gasteiger partial charge is 0.392 e. The summed E-state index contributed by atoms with van der Waals surface area (Å²) in [5.74, 6) is -0.629. The molecule has 1 amide bonds. The quantitative estimate of drug-likeness (QED) is 0.896. The van der Waals surface area contributed by atoms with Crippen molar-refractivity contribution in [3.8, 4) is 0 Å². The third-order valence-electron chi connectivity index (χ3n) is 2.56. The fourth-order valence-corrected chi connectivity index (χ4v) is 2.71. The van der Waals surface area contributed by atoms with E-state index in [9.17, 15) is 9.18 Å². The van der Waals surface area contributed by atoms with Crippen LogP contribution in [0.25, 0.3) is 0 Å². The number of thiophene rings is 1. The molecule has 0 saturated heterocycles. The van der Waals surface area contributed by atoms with Gasteiger partial charge >= 0.3 is 0 Å². The van der Waals surface area contributed by atoms with Gasteiger partial charge < -0.3 is 10.4 Å². The lowest BCUT2D eigenvalue weighted by Gasteiger charge is -2.06. The molecule has 0 bridgehead atoms. The van der Waals surface area contributed by atoms with Crippen molar-refractivity contribution in [1.82, 2.24) is 5.32 Å². The molecule has 0 aliphatic carbocycles. The standard InChI is InChI=1S/C13H11BrFNO2S/c14-12-4-10(7-19-12)13(18)16-5-8-1-2-11(15)9(3-8)6-17/h1-4,7,17H,5-6H2,(H,16,18). The molecule has 100 valence electrons. The molecular formula is C13H11BrFNO2S. The molecule has 1 aromatic carbocycles. The Balaban J connectivity index is 2.01. The van der Waals surface area contributed by atoms with E-state index in [2.05, 4.69) is 21.2 Å². The zero-order chi connectivity index (χ0) is 13.8. The lowest BCUT2D eigenvalue weighted by Crippen LogP contribution is -2.22. The Morgan fingerprint density at radius 2 is 2.21 bits per heavy atom. The Morgan fingerprint density at radius 1 is 1.42 bits per heavy atom. The van der Waals surface area contributed by atoms with E-state index in [1.54, 1.807) is 23.6 Å². The first-order chi connectivity index (χ1) is 9.10. The number of rotatable bonds is 4. The van der Waals surface area contributed by atoms with Crippen LogP contribution in [0.5, 0.6) is 0 Å². The van der Waals surface area contributed by atoms with Crippen molar-refractivity contribution in [1.29, 1.82) is 0 Å². The third kappa shape index (κ3) is 3.62. The monoisotopic (exact) mass is 343 g/mol. The van der Waals surface area contributed by atoms with Crippen LogP contribution in [0, 0.1) is 5.82 Å². The zero-order valence-electron chi connectivity index (χ0n) is 9.82. The molecule has 0 fully saturated rings. The molecular weight excluding hydrogens is 333 g/mol. The Kier molecular flexibility index (Phi) is 4.68. The summed E-state index contributed by atoms with van der Waals surface area (Å²) in [6.07, 6.45) is 0. The highest BCUT2D eigenvalue weighted by atomic mass is 79.9. The van der Waals surface area contributed by atoms with Crippen LogP contribution in [0.3, 0.4) is 0 Å². The number of carbonyl (C=O) groups excluding carboxylic acids is 1. The summed E-state index contributed by atoms with van der Waals surface area (Å²) in [6, 6.07) is 6.15. The van der Waals surface area contributed by atoms with Crippen molar-refractivity contribution in [3.63, 3.8) is 0 Å². The number of hydrogen-bond acceptors (Lipinski definition) is 3. The molecule has 2 rings (SSSR count). The Hall–Kier alpha value is -1.24. The molecule has 1 aromatic heterocycles. The van der Waals surface area contributed by atoms with Crippen molar-refractivity contribution >= 4 is 33.2 Å². The summed E-state index contributed by atoms with van der Waals surface area (Å²) in [5.41, 5.74) is 1.56. The Morgan fingerprint density at radius 3 is 2.84 bits per heavy atom. The average molecular weight is 344 g/mol. The van der Waals surface area contributed by atoms with Crippen LogP contribution in [0.15, 0.2) is 33.4 Å². The molecule has 6 heteroatoms. The maximum atomic E-state index is 13.2. The summed E-state index contributed by atoms with van der Waals surface area (Å²) >= 11 is 4.73. The molecule has 0 saturated carbocycles. The van der Waals surface area contributed by atoms with Gasteiger partial charge in [0.15, 0.2) is 0 Å². The Bertz CT molecular complexity index is 600. The highest BCUT2D eigenvalue weighted by Crippen LogP contribution is 2.20. The summed E-state index contributed by atoms with van der Waals surface area (Å²) in [5, 5.41) is 13.5. The molecule has 2 aromatic rings. The van der Waals surface area contributed by atoms with Gasteiger partial charge in [0.05, 0.1) is 16.0 Å². The van der Waals surface area contributed by atoms with Crippen molar-refractivity contribution in [2.45, 2.75) is 13.2 Å². The van der Waals surface area contributed by atoms with Gasteiger partial charge in [0.25, 0.3) is 5.91 Å². The van der Waals surface area contributed by atoms with Crippen molar-refractivity contribution in [2.24, 2.45) is 0 Å². The predicted molar refractivity (Wildman–Crippen MR) is 75.5 cm³/mol. The van der Waals surface area contributed by atoms with E-state index in [4.69, 9.17) is 5.11 Å². The minimum absolute atomic E-state index is 0.183. The SMILES string of the molecule is O=C(NCc1ccc(F)c(CO)c1)c1csc(Br)c1. The predicted octanol–water partition coefficient (Wildman–Crippen LogP) is 3.07. The van der Waals surface area contributed by atoms with E-state index < -0.39 is 5.82 Å². The van der Waals surface area contributed by atoms with E-state index in [-0.39, 0.29) is 18.1 Å². The number of aliphatic hydroxyl groups is 1. The zero-order valence-corrected chi connectivity index (χ0v) is 12.2. The number of amides is 1. The van der Waals surface area contributed by atoms with Gasteiger partial charge in [-0.3, -0.25) is 4.79 Å². The van der Waals surface area contributed by atoms with Gasteiger partial charge in [-0.25, -0.2) is 4.39 Å². The van der Waals surface area contributed by atoms with Gasteiger partial charge in [0.2, 0.25) is 0 Å². The van der Waals surface area contributed by atoms with Crippen LogP contribution < -0.4 is 5.32 Å². The van der Waals surface area contributed by atoms with Crippen LogP contribution in [0.4, 0.5) is 4.39 Å². The molecule has 3 nitrogen and oxygen atoms in total. The fourth-order valence-electron chi connectivity index (χ4n) is 1.57. The van der Waals surface area contributed by atoms with E-state index in [1.165, 1.54) is 17.4 Å². The topological polar surface area (TPSA) is 49.3 Å². The number of carbonyl (C=O) groups is 1. The maximum Gasteiger partial charge on any atom is 0.252 e. The number of aliphatic hydroxyl groups excluding tert-OH is 1. The molecule has 2 N–H and O–H groups in total. The van der Waals surface area contributed by atoms with Gasteiger partial charge in [0.1, 0.15) is 5.82 Å². The number of hydrogen-bond donors (Lipinski definition) is 2. The first-order valence-electron chi connectivity index (χ1n) is 5.50. The Labute approximate surface area is 122 Å². The summed E-state index contributed by atoms with van der Waals surface area (Å²) in [6.45, 7) is -0.0648. The normalized spacial score (nSPS) is 10.5. The van der Waals surface area contributed by atoms with Crippen molar-refractivity contribution in [2.75, 3.05) is 0 Å². The second-order valence-corrected chi connectivity index (χ2v) is 6.20. The van der Waals surface area contributed by atoms with Crippen LogP contribution in [0.1, 0.15) is 21.5 Å². The van der Waals surface area contributed by atoms with E-state index >= 15 is 0 Å². The van der Waals surface area contributed by atoms with Crippen LogP contribution in [-0.2, 0) is 13.2 Å². The molecule has 19 heavy (non-hydrogen) atoms. The number of benzene rings is 1. The average Bonchev–Trinajstić information content (AvgIpc) is 2.84. The molecule has 0 radical (unpaired) electrons. The number of nitrogens with one attached hydrogen (secondary N) is 1. The highest BCUT2D eigenvalue weighted by molar-refractivity contribution is 9.11. The van der Waals surface area contributed by atoms with Crippen LogP contribution in [0.2, 0.25) is 0 Å². The molecule has 0 aliphatic heterocycles. The first-order valence-corrected chi connectivity index (χ1v) is 7.18.